The Bertz CT molecular complexity index is 390. The summed E-state index contributed by atoms with van der Waals surface area (Å²) in [6, 6.07) is 3.33. The maximum atomic E-state index is 11.3. The molecule has 2 heterocycles. The van der Waals surface area contributed by atoms with Crippen LogP contribution in [0.15, 0.2) is 16.7 Å². The van der Waals surface area contributed by atoms with Crippen LogP contribution in [0, 0.1) is 0 Å². The summed E-state index contributed by atoms with van der Waals surface area (Å²) in [5.41, 5.74) is 0. The summed E-state index contributed by atoms with van der Waals surface area (Å²) >= 11 is 3.14. The van der Waals surface area contributed by atoms with Crippen LogP contribution in [-0.4, -0.2) is 28.4 Å². The van der Waals surface area contributed by atoms with Crippen molar-refractivity contribution in [3.8, 4) is 0 Å². The molecular formula is C8H6BrN3O2. The fraction of sp³-hybridized carbons (Fsp3) is 0.250. The Kier molecular flexibility index (Phi) is 2.28. The molecule has 1 aliphatic heterocycles. The van der Waals surface area contributed by atoms with E-state index in [0.717, 1.165) is 0 Å². The minimum atomic E-state index is -0.216. The van der Waals surface area contributed by atoms with E-state index in [9.17, 15) is 9.59 Å². The van der Waals surface area contributed by atoms with Gasteiger partial charge in [-0.3, -0.25) is 14.5 Å². The highest BCUT2D eigenvalue weighted by Crippen LogP contribution is 2.17. The van der Waals surface area contributed by atoms with Crippen LogP contribution in [0.25, 0.3) is 0 Å². The summed E-state index contributed by atoms with van der Waals surface area (Å²) < 4.78 is 0.597. The summed E-state index contributed by atoms with van der Waals surface area (Å²) in [6.07, 6.45) is -0.0300. The summed E-state index contributed by atoms with van der Waals surface area (Å²) in [5, 5.41) is 7.55. The molecule has 1 amide bonds. The molecule has 0 atom stereocenters. The lowest BCUT2D eigenvalue weighted by Crippen LogP contribution is -2.25. The van der Waals surface area contributed by atoms with Crippen LogP contribution >= 0.6 is 15.9 Å². The molecule has 72 valence electrons. The standard InChI is InChI=1S/C8H6BrN3O2/c9-6-1-2-7(11-10-6)12-4-5(13)3-8(12)14/h1-2H,3-4H2. The van der Waals surface area contributed by atoms with Crippen LogP contribution in [0.4, 0.5) is 5.82 Å². The largest absolute Gasteiger partial charge is 0.297 e. The van der Waals surface area contributed by atoms with Gasteiger partial charge in [0.15, 0.2) is 11.6 Å². The molecular weight excluding hydrogens is 250 g/mol. The number of rotatable bonds is 1. The van der Waals surface area contributed by atoms with Gasteiger partial charge in [-0.15, -0.1) is 10.2 Å². The molecule has 5 nitrogen and oxygen atoms in total. The van der Waals surface area contributed by atoms with Gasteiger partial charge in [-0.2, -0.15) is 0 Å². The van der Waals surface area contributed by atoms with Gasteiger partial charge in [-0.1, -0.05) is 0 Å². The molecule has 0 spiro atoms. The van der Waals surface area contributed by atoms with Gasteiger partial charge >= 0.3 is 0 Å². The smallest absolute Gasteiger partial charge is 0.236 e. The zero-order valence-corrected chi connectivity index (χ0v) is 8.69. The highest BCUT2D eigenvalue weighted by atomic mass is 79.9. The quantitative estimate of drug-likeness (QED) is 0.688. The molecule has 0 saturated carbocycles. The Balaban J connectivity index is 2.27. The number of anilines is 1. The normalized spacial score (nSPS) is 16.5. The van der Waals surface area contributed by atoms with Crippen molar-refractivity contribution in [1.29, 1.82) is 0 Å². The Morgan fingerprint density at radius 1 is 1.29 bits per heavy atom. The molecule has 0 unspecified atom stereocenters. The second-order valence-corrected chi connectivity index (χ2v) is 3.72. The SMILES string of the molecule is O=C1CC(=O)N(c2ccc(Br)nn2)C1. The first-order valence-corrected chi connectivity index (χ1v) is 4.77. The van der Waals surface area contributed by atoms with Crippen molar-refractivity contribution in [3.63, 3.8) is 0 Å². The zero-order valence-electron chi connectivity index (χ0n) is 7.11. The van der Waals surface area contributed by atoms with Gasteiger partial charge < -0.3 is 0 Å². The minimum Gasteiger partial charge on any atom is -0.297 e. The molecule has 0 radical (unpaired) electrons. The van der Waals surface area contributed by atoms with E-state index in [1.54, 1.807) is 12.1 Å². The van der Waals surface area contributed by atoms with Crippen molar-refractivity contribution >= 4 is 33.4 Å². The minimum absolute atomic E-state index is 0.0300. The molecule has 0 aromatic carbocycles. The van der Waals surface area contributed by atoms with Crippen molar-refractivity contribution < 1.29 is 9.59 Å². The highest BCUT2D eigenvalue weighted by Gasteiger charge is 2.29. The van der Waals surface area contributed by atoms with Gasteiger partial charge in [-0.05, 0) is 28.1 Å². The highest BCUT2D eigenvalue weighted by molar-refractivity contribution is 9.10. The first-order chi connectivity index (χ1) is 6.66. The number of halogens is 1. The number of carbonyl (C=O) groups is 2. The Labute approximate surface area is 88.2 Å². The second-order valence-electron chi connectivity index (χ2n) is 2.91. The van der Waals surface area contributed by atoms with Crippen molar-refractivity contribution in [2.45, 2.75) is 6.42 Å². The summed E-state index contributed by atoms with van der Waals surface area (Å²) in [5.74, 6) is 0.121. The van der Waals surface area contributed by atoms with E-state index >= 15 is 0 Å². The average Bonchev–Trinajstić information content (AvgIpc) is 2.47. The van der Waals surface area contributed by atoms with Crippen LogP contribution in [-0.2, 0) is 9.59 Å². The third-order valence-corrected chi connectivity index (χ3v) is 2.30. The van der Waals surface area contributed by atoms with E-state index in [-0.39, 0.29) is 24.7 Å². The maximum absolute atomic E-state index is 11.3. The predicted molar refractivity (Wildman–Crippen MR) is 51.7 cm³/mol. The van der Waals surface area contributed by atoms with E-state index in [1.807, 2.05) is 0 Å². The van der Waals surface area contributed by atoms with Crippen molar-refractivity contribution in [2.24, 2.45) is 0 Å². The molecule has 0 N–H and O–H groups in total. The zero-order chi connectivity index (χ0) is 10.1. The summed E-state index contributed by atoms with van der Waals surface area (Å²) in [4.78, 5) is 23.6. The number of hydrogen-bond acceptors (Lipinski definition) is 4. The van der Waals surface area contributed by atoms with E-state index in [2.05, 4.69) is 26.1 Å². The maximum Gasteiger partial charge on any atom is 0.236 e. The molecule has 6 heteroatoms. The van der Waals surface area contributed by atoms with Crippen molar-refractivity contribution in [1.82, 2.24) is 10.2 Å². The number of nitrogens with zero attached hydrogens (tertiary/aromatic N) is 3. The molecule has 1 aliphatic rings. The summed E-state index contributed by atoms with van der Waals surface area (Å²) in [6.45, 7) is 0.106. The number of hydrogen-bond donors (Lipinski definition) is 0. The average molecular weight is 256 g/mol. The fourth-order valence-corrected chi connectivity index (χ4v) is 1.46. The molecule has 14 heavy (non-hydrogen) atoms. The lowest BCUT2D eigenvalue weighted by Gasteiger charge is -2.11. The van der Waals surface area contributed by atoms with Crippen LogP contribution < -0.4 is 4.90 Å². The lowest BCUT2D eigenvalue weighted by atomic mass is 10.3. The van der Waals surface area contributed by atoms with Gasteiger partial charge in [0.1, 0.15) is 4.60 Å². The van der Waals surface area contributed by atoms with Gasteiger partial charge in [-0.25, -0.2) is 0 Å². The number of amides is 1. The van der Waals surface area contributed by atoms with Crippen LogP contribution in [0.3, 0.4) is 0 Å². The first kappa shape index (κ1) is 9.26. The topological polar surface area (TPSA) is 63.2 Å². The fourth-order valence-electron chi connectivity index (χ4n) is 1.25. The number of ketones is 1. The second kappa shape index (κ2) is 3.45. The van der Waals surface area contributed by atoms with E-state index in [1.165, 1.54) is 4.90 Å². The Morgan fingerprint density at radius 3 is 2.57 bits per heavy atom. The van der Waals surface area contributed by atoms with Gasteiger partial charge in [0.25, 0.3) is 0 Å². The van der Waals surface area contributed by atoms with Crippen LogP contribution in [0.1, 0.15) is 6.42 Å². The van der Waals surface area contributed by atoms with E-state index in [4.69, 9.17) is 0 Å². The third-order valence-electron chi connectivity index (χ3n) is 1.88. The molecule has 1 aromatic heterocycles. The molecule has 0 aliphatic carbocycles. The molecule has 0 bridgehead atoms. The van der Waals surface area contributed by atoms with Crippen molar-refractivity contribution in [3.05, 3.63) is 16.7 Å². The van der Waals surface area contributed by atoms with Gasteiger partial charge in [0.05, 0.1) is 13.0 Å². The molecule has 1 saturated heterocycles. The molecule has 2 rings (SSSR count). The van der Waals surface area contributed by atoms with E-state index in [0.29, 0.717) is 10.4 Å². The first-order valence-electron chi connectivity index (χ1n) is 3.98. The van der Waals surface area contributed by atoms with E-state index < -0.39 is 0 Å². The Hall–Kier alpha value is -1.30. The predicted octanol–water partition coefficient (Wildman–Crippen LogP) is 0.545. The number of Topliss-reactive ketones (excluding diaryl/α,β-unsaturated/α-hetero) is 1. The monoisotopic (exact) mass is 255 g/mol. The third kappa shape index (κ3) is 1.65. The van der Waals surface area contributed by atoms with Gasteiger partial charge in [0.2, 0.25) is 5.91 Å². The van der Waals surface area contributed by atoms with Crippen LogP contribution in [0.5, 0.6) is 0 Å². The van der Waals surface area contributed by atoms with Crippen molar-refractivity contribution in [2.75, 3.05) is 11.4 Å². The number of carbonyl (C=O) groups excluding carboxylic acids is 2. The molecule has 1 fully saturated rings. The summed E-state index contributed by atoms with van der Waals surface area (Å²) in [7, 11) is 0. The number of aromatic nitrogens is 2. The molecule has 1 aromatic rings. The van der Waals surface area contributed by atoms with Gasteiger partial charge in [0, 0.05) is 0 Å². The van der Waals surface area contributed by atoms with Crippen LogP contribution in [0.2, 0.25) is 0 Å². The Morgan fingerprint density at radius 2 is 2.07 bits per heavy atom. The lowest BCUT2D eigenvalue weighted by molar-refractivity contribution is -0.121.